The Morgan fingerprint density at radius 2 is 1.64 bits per heavy atom. The van der Waals surface area contributed by atoms with Gasteiger partial charge in [-0.1, -0.05) is 0 Å². The SMILES string of the molecule is O=C([O-])C(O)C(O)C(O[C@@H]1O[C@H](CO)[C@H](O)C(O)[C@H]1O)C(O)CO.[Na+]. The van der Waals surface area contributed by atoms with E-state index < -0.39 is 74.3 Å². The van der Waals surface area contributed by atoms with E-state index in [0.717, 1.165) is 0 Å². The third kappa shape index (κ3) is 6.04. The quantitative estimate of drug-likeness (QED) is 0.184. The number of aliphatic hydroxyl groups excluding tert-OH is 8. The van der Waals surface area contributed by atoms with Crippen molar-refractivity contribution >= 4 is 5.97 Å². The molecule has 0 saturated carbocycles. The number of carboxylic acid groups (broad SMARTS) is 1. The number of aliphatic carboxylic acids is 1. The fourth-order valence-electron chi connectivity index (χ4n) is 2.16. The van der Waals surface area contributed by atoms with Gasteiger partial charge in [0.1, 0.15) is 48.8 Å². The van der Waals surface area contributed by atoms with Crippen molar-refractivity contribution in [3.8, 4) is 0 Å². The number of carbonyl (C=O) groups excluding carboxylic acids is 1. The number of ether oxygens (including phenoxy) is 2. The molecule has 9 atom stereocenters. The molecule has 8 N–H and O–H groups in total. The molecule has 0 aliphatic carbocycles. The van der Waals surface area contributed by atoms with E-state index in [4.69, 9.17) is 19.7 Å². The Hall–Kier alpha value is 0.0700. The first-order valence-corrected chi connectivity index (χ1v) is 6.97. The molecule has 1 fully saturated rings. The van der Waals surface area contributed by atoms with Crippen molar-refractivity contribution in [3.05, 3.63) is 0 Å². The van der Waals surface area contributed by atoms with E-state index in [2.05, 4.69) is 0 Å². The first-order chi connectivity index (χ1) is 11.1. The van der Waals surface area contributed by atoms with E-state index >= 15 is 0 Å². The van der Waals surface area contributed by atoms with E-state index in [1.165, 1.54) is 0 Å². The first kappa shape index (κ1) is 25.1. The van der Waals surface area contributed by atoms with Crippen LogP contribution in [0.25, 0.3) is 0 Å². The third-order valence-electron chi connectivity index (χ3n) is 3.61. The molecule has 0 radical (unpaired) electrons. The number of carbonyl (C=O) groups is 1. The Kier molecular flexibility index (Phi) is 11.1. The van der Waals surface area contributed by atoms with Crippen LogP contribution < -0.4 is 34.7 Å². The number of aliphatic hydroxyl groups is 8. The van der Waals surface area contributed by atoms with Crippen LogP contribution in [-0.4, -0.2) is 115 Å². The van der Waals surface area contributed by atoms with E-state index in [0.29, 0.717) is 0 Å². The summed E-state index contributed by atoms with van der Waals surface area (Å²) in [6.45, 7) is -1.79. The normalized spacial score (nSPS) is 34.5. The summed E-state index contributed by atoms with van der Waals surface area (Å²) in [7, 11) is 0. The fourth-order valence-corrected chi connectivity index (χ4v) is 2.16. The number of hydrogen-bond acceptors (Lipinski definition) is 12. The van der Waals surface area contributed by atoms with Crippen molar-refractivity contribution in [2.75, 3.05) is 13.2 Å². The molecule has 12 nitrogen and oxygen atoms in total. The molecule has 0 aromatic rings. The summed E-state index contributed by atoms with van der Waals surface area (Å²) in [6.07, 6.45) is -17.3. The van der Waals surface area contributed by atoms with Crippen LogP contribution in [0.3, 0.4) is 0 Å². The van der Waals surface area contributed by atoms with Crippen molar-refractivity contribution in [1.82, 2.24) is 0 Å². The minimum absolute atomic E-state index is 0. The van der Waals surface area contributed by atoms with Gasteiger partial charge in [-0.15, -0.1) is 0 Å². The van der Waals surface area contributed by atoms with E-state index in [1.54, 1.807) is 0 Å². The van der Waals surface area contributed by atoms with Crippen molar-refractivity contribution < 1.29 is 89.8 Å². The molecule has 0 aromatic carbocycles. The summed E-state index contributed by atoms with van der Waals surface area (Å²) in [5, 5.41) is 86.3. The summed E-state index contributed by atoms with van der Waals surface area (Å²) in [4.78, 5) is 10.6. The molecule has 1 rings (SSSR count). The average Bonchev–Trinajstić information content (AvgIpc) is 2.57. The molecule has 0 bridgehead atoms. The Labute approximate surface area is 164 Å². The predicted molar refractivity (Wildman–Crippen MR) is 68.8 cm³/mol. The monoisotopic (exact) mass is 380 g/mol. The Balaban J connectivity index is 0.00000576. The van der Waals surface area contributed by atoms with Crippen molar-refractivity contribution in [3.63, 3.8) is 0 Å². The van der Waals surface area contributed by atoms with Gasteiger partial charge in [-0.3, -0.25) is 0 Å². The van der Waals surface area contributed by atoms with E-state index in [1.807, 2.05) is 0 Å². The van der Waals surface area contributed by atoms with Crippen LogP contribution in [0.1, 0.15) is 0 Å². The molecule has 1 aliphatic heterocycles. The molecule has 0 spiro atoms. The van der Waals surface area contributed by atoms with Crippen LogP contribution >= 0.6 is 0 Å². The maximum absolute atomic E-state index is 10.6. The zero-order valence-electron chi connectivity index (χ0n) is 13.3. The van der Waals surface area contributed by atoms with Crippen LogP contribution in [0.15, 0.2) is 0 Å². The molecule has 5 unspecified atom stereocenters. The second-order valence-corrected chi connectivity index (χ2v) is 5.30. The Morgan fingerprint density at radius 3 is 2.08 bits per heavy atom. The van der Waals surface area contributed by atoms with Gasteiger partial charge >= 0.3 is 29.6 Å². The van der Waals surface area contributed by atoms with Crippen molar-refractivity contribution in [2.24, 2.45) is 0 Å². The topological polar surface area (TPSA) is 220 Å². The zero-order valence-corrected chi connectivity index (χ0v) is 15.3. The smallest absolute Gasteiger partial charge is 0.547 e. The Morgan fingerprint density at radius 1 is 1.08 bits per heavy atom. The molecule has 13 heteroatoms. The van der Waals surface area contributed by atoms with Gasteiger partial charge in [0.15, 0.2) is 6.29 Å². The maximum atomic E-state index is 10.6. The molecule has 142 valence electrons. The molecule has 1 heterocycles. The van der Waals surface area contributed by atoms with Crippen LogP contribution in [0.4, 0.5) is 0 Å². The Bertz CT molecular complexity index is 410. The van der Waals surface area contributed by atoms with Crippen molar-refractivity contribution in [1.29, 1.82) is 0 Å². The molecule has 0 amide bonds. The minimum atomic E-state index is -2.50. The summed E-state index contributed by atoms with van der Waals surface area (Å²) in [6, 6.07) is 0. The summed E-state index contributed by atoms with van der Waals surface area (Å²) in [5.41, 5.74) is 0. The van der Waals surface area contributed by atoms with Gasteiger partial charge in [-0.25, -0.2) is 0 Å². The maximum Gasteiger partial charge on any atom is 1.00 e. The third-order valence-corrected chi connectivity index (χ3v) is 3.61. The van der Waals surface area contributed by atoms with Crippen LogP contribution in [0.5, 0.6) is 0 Å². The van der Waals surface area contributed by atoms with Crippen LogP contribution in [0, 0.1) is 0 Å². The molecular weight excluding hydrogens is 359 g/mol. The predicted octanol–water partition coefficient (Wildman–Crippen LogP) is -10.00. The second kappa shape index (κ2) is 11.0. The fraction of sp³-hybridized carbons (Fsp3) is 0.917. The molecule has 0 aromatic heterocycles. The van der Waals surface area contributed by atoms with Crippen LogP contribution in [-0.2, 0) is 14.3 Å². The number of hydrogen-bond donors (Lipinski definition) is 8. The van der Waals surface area contributed by atoms with E-state index in [-0.39, 0.29) is 29.6 Å². The summed E-state index contributed by atoms with van der Waals surface area (Å²) < 4.78 is 9.94. The second-order valence-electron chi connectivity index (χ2n) is 5.30. The number of carboxylic acids is 1. The van der Waals surface area contributed by atoms with Gasteiger partial charge in [0, 0.05) is 0 Å². The average molecular weight is 380 g/mol. The summed E-state index contributed by atoms with van der Waals surface area (Å²) >= 11 is 0. The summed E-state index contributed by atoms with van der Waals surface area (Å²) in [5.74, 6) is -2.09. The van der Waals surface area contributed by atoms with E-state index in [9.17, 15) is 40.5 Å². The van der Waals surface area contributed by atoms with Gasteiger partial charge in [0.2, 0.25) is 0 Å². The standard InChI is InChI=1S/C12H22O12.Na/c13-1-3(15)10(7(18)8(19)11(21)22)24-12-9(20)6(17)5(16)4(2-14)23-12;/h3-10,12-20H,1-2H2,(H,21,22);/q;+1/p-1/t3?,4-,5+,6?,7?,8?,9-,10?,12+;/m1./s1. The largest absolute Gasteiger partial charge is 1.00 e. The molecule has 1 aliphatic rings. The first-order valence-electron chi connectivity index (χ1n) is 6.97. The van der Waals surface area contributed by atoms with Gasteiger partial charge in [-0.2, -0.15) is 0 Å². The van der Waals surface area contributed by atoms with Gasteiger partial charge < -0.3 is 60.2 Å². The zero-order chi connectivity index (χ0) is 18.6. The van der Waals surface area contributed by atoms with Crippen molar-refractivity contribution in [2.45, 2.75) is 55.1 Å². The van der Waals surface area contributed by atoms with Gasteiger partial charge in [-0.05, 0) is 0 Å². The number of rotatable bonds is 8. The van der Waals surface area contributed by atoms with Gasteiger partial charge in [0.25, 0.3) is 0 Å². The molecular formula is C12H21NaO12. The molecule has 25 heavy (non-hydrogen) atoms. The molecule has 1 saturated heterocycles. The van der Waals surface area contributed by atoms with Crippen LogP contribution in [0.2, 0.25) is 0 Å². The minimum Gasteiger partial charge on any atom is -0.547 e. The van der Waals surface area contributed by atoms with Gasteiger partial charge in [0.05, 0.1) is 19.2 Å².